The van der Waals surface area contributed by atoms with Gasteiger partial charge in [0.25, 0.3) is 0 Å². The van der Waals surface area contributed by atoms with Gasteiger partial charge >= 0.3 is 0 Å². The number of ether oxygens (including phenoxy) is 3. The first-order valence-corrected chi connectivity index (χ1v) is 11.7. The molecule has 0 saturated heterocycles. The molecule has 37 heavy (non-hydrogen) atoms. The highest BCUT2D eigenvalue weighted by Crippen LogP contribution is 2.40. The van der Waals surface area contributed by atoms with Gasteiger partial charge in [-0.25, -0.2) is 19.5 Å². The number of imidazole rings is 1. The number of aromatic nitrogens is 5. The Morgan fingerprint density at radius 1 is 0.865 bits per heavy atom. The van der Waals surface area contributed by atoms with Crippen molar-refractivity contribution in [3.63, 3.8) is 0 Å². The van der Waals surface area contributed by atoms with Crippen LogP contribution in [0, 0.1) is 0 Å². The summed E-state index contributed by atoms with van der Waals surface area (Å²) in [6.07, 6.45) is 1.44. The SMILES string of the molecule is COc1cc(Nc2ncnc(-n3c(NCc4ccccc4Cl)nc4ccccc43)n2)cc(OC)c1OC. The van der Waals surface area contributed by atoms with Crippen molar-refractivity contribution in [1.82, 2.24) is 24.5 Å². The molecule has 0 aliphatic carbocycles. The molecule has 0 bridgehead atoms. The number of methoxy groups -OCH3 is 3. The number of nitrogens with one attached hydrogen (secondary N) is 2. The van der Waals surface area contributed by atoms with E-state index in [1.165, 1.54) is 6.33 Å². The molecule has 5 rings (SSSR count). The minimum Gasteiger partial charge on any atom is -0.493 e. The zero-order valence-corrected chi connectivity index (χ0v) is 21.2. The van der Waals surface area contributed by atoms with E-state index in [0.717, 1.165) is 16.6 Å². The number of halogens is 1. The summed E-state index contributed by atoms with van der Waals surface area (Å²) >= 11 is 6.35. The lowest BCUT2D eigenvalue weighted by Gasteiger charge is -2.15. The molecule has 2 heterocycles. The number of benzene rings is 3. The Labute approximate surface area is 218 Å². The minimum atomic E-state index is 0.328. The first kappa shape index (κ1) is 24.1. The van der Waals surface area contributed by atoms with E-state index >= 15 is 0 Å². The highest BCUT2D eigenvalue weighted by atomic mass is 35.5. The highest BCUT2D eigenvalue weighted by Gasteiger charge is 2.17. The zero-order valence-electron chi connectivity index (χ0n) is 20.4. The zero-order chi connectivity index (χ0) is 25.8. The third-order valence-corrected chi connectivity index (χ3v) is 6.00. The maximum atomic E-state index is 6.35. The predicted octanol–water partition coefficient (Wildman–Crippen LogP) is 5.25. The highest BCUT2D eigenvalue weighted by molar-refractivity contribution is 6.31. The molecule has 3 aromatic carbocycles. The summed E-state index contributed by atoms with van der Waals surface area (Å²) in [5.74, 6) is 2.79. The fourth-order valence-electron chi connectivity index (χ4n) is 3.90. The Kier molecular flexibility index (Phi) is 6.91. The van der Waals surface area contributed by atoms with Gasteiger partial charge in [-0.05, 0) is 23.8 Å². The van der Waals surface area contributed by atoms with Crippen molar-refractivity contribution in [2.24, 2.45) is 0 Å². The van der Waals surface area contributed by atoms with Gasteiger partial charge in [-0.2, -0.15) is 4.98 Å². The van der Waals surface area contributed by atoms with Crippen LogP contribution in [0.25, 0.3) is 17.0 Å². The lowest BCUT2D eigenvalue weighted by molar-refractivity contribution is 0.324. The van der Waals surface area contributed by atoms with Gasteiger partial charge in [-0.3, -0.25) is 0 Å². The normalized spacial score (nSPS) is 10.8. The second kappa shape index (κ2) is 10.6. The van der Waals surface area contributed by atoms with Gasteiger partial charge in [0.05, 0.1) is 32.4 Å². The van der Waals surface area contributed by atoms with Crippen LogP contribution in [0.1, 0.15) is 5.56 Å². The summed E-state index contributed by atoms with van der Waals surface area (Å²) in [4.78, 5) is 18.1. The smallest absolute Gasteiger partial charge is 0.241 e. The van der Waals surface area contributed by atoms with Gasteiger partial charge in [-0.15, -0.1) is 0 Å². The van der Waals surface area contributed by atoms with Gasteiger partial charge in [0.1, 0.15) is 6.33 Å². The lowest BCUT2D eigenvalue weighted by atomic mass is 10.2. The minimum absolute atomic E-state index is 0.328. The molecule has 2 N–H and O–H groups in total. The first-order chi connectivity index (χ1) is 18.1. The van der Waals surface area contributed by atoms with E-state index in [4.69, 9.17) is 30.8 Å². The molecule has 0 fully saturated rings. The van der Waals surface area contributed by atoms with Crippen molar-refractivity contribution in [3.05, 3.63) is 77.6 Å². The molecular formula is C26H24ClN7O3. The molecule has 0 spiro atoms. The maximum Gasteiger partial charge on any atom is 0.241 e. The molecule has 188 valence electrons. The summed E-state index contributed by atoms with van der Waals surface area (Å²) < 4.78 is 18.1. The van der Waals surface area contributed by atoms with Crippen LogP contribution < -0.4 is 24.8 Å². The van der Waals surface area contributed by atoms with Crippen LogP contribution in [0.2, 0.25) is 5.02 Å². The predicted molar refractivity (Wildman–Crippen MR) is 143 cm³/mol. The average molecular weight is 518 g/mol. The van der Waals surface area contributed by atoms with Crippen LogP contribution in [0.3, 0.4) is 0 Å². The quantitative estimate of drug-likeness (QED) is 0.271. The first-order valence-electron chi connectivity index (χ1n) is 11.3. The molecule has 0 amide bonds. The van der Waals surface area contributed by atoms with E-state index in [1.807, 2.05) is 53.1 Å². The van der Waals surface area contributed by atoms with Crippen molar-refractivity contribution in [3.8, 4) is 23.2 Å². The Morgan fingerprint density at radius 2 is 1.59 bits per heavy atom. The molecule has 10 nitrogen and oxygen atoms in total. The molecule has 0 atom stereocenters. The average Bonchev–Trinajstić information content (AvgIpc) is 3.30. The number of anilines is 3. The van der Waals surface area contributed by atoms with E-state index in [2.05, 4.69) is 25.6 Å². The van der Waals surface area contributed by atoms with E-state index in [0.29, 0.717) is 52.3 Å². The maximum absolute atomic E-state index is 6.35. The van der Waals surface area contributed by atoms with Crippen molar-refractivity contribution < 1.29 is 14.2 Å². The Bertz CT molecular complexity index is 1530. The van der Waals surface area contributed by atoms with E-state index in [1.54, 1.807) is 33.5 Å². The number of para-hydroxylation sites is 2. The van der Waals surface area contributed by atoms with E-state index in [-0.39, 0.29) is 0 Å². The summed E-state index contributed by atoms with van der Waals surface area (Å²) in [7, 11) is 4.67. The topological polar surface area (TPSA) is 108 Å². The van der Waals surface area contributed by atoms with E-state index in [9.17, 15) is 0 Å². The number of hydrogen-bond acceptors (Lipinski definition) is 9. The fraction of sp³-hybridized carbons (Fsp3) is 0.154. The van der Waals surface area contributed by atoms with Gasteiger partial charge in [0.2, 0.25) is 23.6 Å². The van der Waals surface area contributed by atoms with Crippen molar-refractivity contribution >= 4 is 40.2 Å². The Hall–Kier alpha value is -4.57. The lowest BCUT2D eigenvalue weighted by Crippen LogP contribution is -2.10. The largest absolute Gasteiger partial charge is 0.493 e. The standard InChI is InChI=1S/C26H24ClN7O3/c1-35-21-12-17(13-22(36-2)23(21)37-3)31-24-29-15-30-26(33-24)34-20-11-7-6-10-19(20)32-25(34)28-14-16-8-4-5-9-18(16)27/h4-13,15H,14H2,1-3H3,(H,28,32)(H,29,30,31,33). The molecule has 0 aliphatic rings. The van der Waals surface area contributed by atoms with Crippen LogP contribution >= 0.6 is 11.6 Å². The van der Waals surface area contributed by atoms with Crippen LogP contribution in [-0.2, 0) is 6.54 Å². The van der Waals surface area contributed by atoms with Crippen LogP contribution in [0.15, 0.2) is 67.0 Å². The number of hydrogen-bond donors (Lipinski definition) is 2. The summed E-state index contributed by atoms with van der Waals surface area (Å²) in [5, 5.41) is 7.24. The molecule has 0 radical (unpaired) electrons. The van der Waals surface area contributed by atoms with Crippen LogP contribution in [0.4, 0.5) is 17.6 Å². The third kappa shape index (κ3) is 4.91. The summed E-state index contributed by atoms with van der Waals surface area (Å²) in [6, 6.07) is 19.0. The Balaban J connectivity index is 1.50. The van der Waals surface area contributed by atoms with Gasteiger partial charge in [-0.1, -0.05) is 41.9 Å². The van der Waals surface area contributed by atoms with Crippen molar-refractivity contribution in [2.75, 3.05) is 32.0 Å². The number of rotatable bonds is 9. The summed E-state index contributed by atoms with van der Waals surface area (Å²) in [6.45, 7) is 0.477. The Morgan fingerprint density at radius 3 is 2.32 bits per heavy atom. The fourth-order valence-corrected chi connectivity index (χ4v) is 4.10. The van der Waals surface area contributed by atoms with Crippen LogP contribution in [-0.4, -0.2) is 45.8 Å². The molecule has 0 unspecified atom stereocenters. The van der Waals surface area contributed by atoms with Gasteiger partial charge in [0.15, 0.2) is 11.5 Å². The molecular weight excluding hydrogens is 494 g/mol. The molecule has 11 heteroatoms. The molecule has 2 aromatic heterocycles. The summed E-state index contributed by atoms with van der Waals surface area (Å²) in [5.41, 5.74) is 3.24. The second-order valence-corrected chi connectivity index (χ2v) is 8.26. The second-order valence-electron chi connectivity index (χ2n) is 7.85. The molecule has 5 aromatic rings. The van der Waals surface area contributed by atoms with E-state index < -0.39 is 0 Å². The van der Waals surface area contributed by atoms with Crippen LogP contribution in [0.5, 0.6) is 17.2 Å². The van der Waals surface area contributed by atoms with Gasteiger partial charge in [0, 0.05) is 29.4 Å². The third-order valence-electron chi connectivity index (χ3n) is 5.64. The number of nitrogens with zero attached hydrogens (tertiary/aromatic N) is 5. The van der Waals surface area contributed by atoms with Gasteiger partial charge < -0.3 is 24.8 Å². The molecule has 0 saturated carbocycles. The number of fused-ring (bicyclic) bond motifs is 1. The van der Waals surface area contributed by atoms with Crippen molar-refractivity contribution in [1.29, 1.82) is 0 Å². The van der Waals surface area contributed by atoms with Crippen molar-refractivity contribution in [2.45, 2.75) is 6.54 Å². The molecule has 0 aliphatic heterocycles. The monoisotopic (exact) mass is 517 g/mol.